The summed E-state index contributed by atoms with van der Waals surface area (Å²) in [6, 6.07) is 12.0. The largest absolute Gasteiger partial charge is 0.282 e. The second-order valence-corrected chi connectivity index (χ2v) is 8.47. The molecule has 28 heavy (non-hydrogen) atoms. The lowest BCUT2D eigenvalue weighted by atomic mass is 10.2. The minimum atomic E-state index is -3.75. The lowest BCUT2D eigenvalue weighted by molar-refractivity contribution is 0.141. The number of hydrogen-bond donors (Lipinski definition) is 0. The lowest BCUT2D eigenvalue weighted by Gasteiger charge is -2.33. The minimum Gasteiger partial charge on any atom is -0.282 e. The SMILES string of the molecule is O=c1c2ccccc2nnn1CN1CCN(S(=O)(=O)c2cccc(F)c2)CC1. The molecule has 2 heterocycles. The van der Waals surface area contributed by atoms with Crippen LogP contribution in [0.15, 0.2) is 58.2 Å². The molecule has 0 saturated carbocycles. The Labute approximate surface area is 160 Å². The molecule has 1 aliphatic rings. The fourth-order valence-electron chi connectivity index (χ4n) is 3.19. The van der Waals surface area contributed by atoms with Gasteiger partial charge in [0.2, 0.25) is 10.0 Å². The smallest absolute Gasteiger partial charge is 0.278 e. The molecule has 0 N–H and O–H groups in total. The van der Waals surface area contributed by atoms with Gasteiger partial charge in [-0.25, -0.2) is 12.8 Å². The van der Waals surface area contributed by atoms with Gasteiger partial charge in [0.25, 0.3) is 5.56 Å². The summed E-state index contributed by atoms with van der Waals surface area (Å²) in [4.78, 5) is 14.4. The number of rotatable bonds is 4. The summed E-state index contributed by atoms with van der Waals surface area (Å²) in [5, 5.41) is 8.51. The maximum Gasteiger partial charge on any atom is 0.278 e. The first-order chi connectivity index (χ1) is 13.4. The van der Waals surface area contributed by atoms with Crippen molar-refractivity contribution in [2.75, 3.05) is 26.2 Å². The monoisotopic (exact) mass is 403 g/mol. The number of benzene rings is 2. The number of aromatic nitrogens is 3. The van der Waals surface area contributed by atoms with E-state index in [1.165, 1.54) is 27.2 Å². The van der Waals surface area contributed by atoms with Crippen molar-refractivity contribution < 1.29 is 12.8 Å². The second kappa shape index (κ2) is 7.38. The Hall–Kier alpha value is -2.69. The van der Waals surface area contributed by atoms with E-state index < -0.39 is 15.8 Å². The van der Waals surface area contributed by atoms with Gasteiger partial charge in [-0.1, -0.05) is 23.4 Å². The van der Waals surface area contributed by atoms with Crippen molar-refractivity contribution in [3.8, 4) is 0 Å². The summed E-state index contributed by atoms with van der Waals surface area (Å²) in [5.41, 5.74) is 0.301. The fraction of sp³-hybridized carbons (Fsp3) is 0.278. The van der Waals surface area contributed by atoms with Gasteiger partial charge in [0.1, 0.15) is 11.3 Å². The molecule has 3 aromatic rings. The number of fused-ring (bicyclic) bond motifs is 1. The summed E-state index contributed by atoms with van der Waals surface area (Å²) >= 11 is 0. The van der Waals surface area contributed by atoms with Crippen LogP contribution in [-0.4, -0.2) is 58.8 Å². The predicted octanol–water partition coefficient (Wildman–Crippen LogP) is 0.895. The molecule has 0 unspecified atom stereocenters. The normalized spacial score (nSPS) is 16.5. The highest BCUT2D eigenvalue weighted by Gasteiger charge is 2.29. The molecule has 0 radical (unpaired) electrons. The van der Waals surface area contributed by atoms with Crippen molar-refractivity contribution in [2.45, 2.75) is 11.6 Å². The summed E-state index contributed by atoms with van der Waals surface area (Å²) in [7, 11) is -3.75. The van der Waals surface area contributed by atoms with E-state index in [9.17, 15) is 17.6 Å². The Bertz CT molecular complexity index is 1170. The molecule has 2 aromatic carbocycles. The van der Waals surface area contributed by atoms with E-state index in [2.05, 4.69) is 10.3 Å². The van der Waals surface area contributed by atoms with Crippen molar-refractivity contribution in [2.24, 2.45) is 0 Å². The summed E-state index contributed by atoms with van der Waals surface area (Å²) in [6.07, 6.45) is 0. The quantitative estimate of drug-likeness (QED) is 0.643. The van der Waals surface area contributed by atoms with Gasteiger partial charge < -0.3 is 0 Å². The van der Waals surface area contributed by atoms with Crippen LogP contribution in [0.3, 0.4) is 0 Å². The maximum absolute atomic E-state index is 13.4. The van der Waals surface area contributed by atoms with E-state index in [4.69, 9.17) is 0 Å². The third-order valence-electron chi connectivity index (χ3n) is 4.73. The van der Waals surface area contributed by atoms with E-state index >= 15 is 0 Å². The van der Waals surface area contributed by atoms with Crippen molar-refractivity contribution in [3.63, 3.8) is 0 Å². The molecule has 1 saturated heterocycles. The van der Waals surface area contributed by atoms with E-state index in [0.29, 0.717) is 24.0 Å². The first kappa shape index (κ1) is 18.7. The van der Waals surface area contributed by atoms with Gasteiger partial charge in [-0.05, 0) is 30.3 Å². The summed E-state index contributed by atoms with van der Waals surface area (Å²) in [6.45, 7) is 1.57. The second-order valence-electron chi connectivity index (χ2n) is 6.53. The van der Waals surface area contributed by atoms with Crippen molar-refractivity contribution >= 4 is 20.9 Å². The Morgan fingerprint density at radius 1 is 1.00 bits per heavy atom. The van der Waals surface area contributed by atoms with Crippen LogP contribution >= 0.6 is 0 Å². The van der Waals surface area contributed by atoms with Crippen LogP contribution < -0.4 is 5.56 Å². The molecule has 1 fully saturated rings. The lowest BCUT2D eigenvalue weighted by Crippen LogP contribution is -2.49. The first-order valence-electron chi connectivity index (χ1n) is 8.76. The Kier molecular flexibility index (Phi) is 4.92. The van der Waals surface area contributed by atoms with Crippen LogP contribution in [0.4, 0.5) is 4.39 Å². The molecule has 0 aliphatic carbocycles. The van der Waals surface area contributed by atoms with Crippen LogP contribution in [0.5, 0.6) is 0 Å². The Balaban J connectivity index is 1.46. The van der Waals surface area contributed by atoms with E-state index in [1.54, 1.807) is 24.3 Å². The fourth-order valence-corrected chi connectivity index (χ4v) is 4.65. The molecule has 0 amide bonds. The average Bonchev–Trinajstić information content (AvgIpc) is 2.71. The molecule has 1 aromatic heterocycles. The molecule has 0 bridgehead atoms. The van der Waals surface area contributed by atoms with Gasteiger partial charge in [-0.15, -0.1) is 5.10 Å². The standard InChI is InChI=1S/C18H18FN5O3S/c19-14-4-3-5-15(12-14)28(26,27)23-10-8-22(9-11-23)13-24-18(25)16-6-1-2-7-17(16)20-21-24/h1-7,12H,8-11,13H2. The average molecular weight is 403 g/mol. The molecule has 1 aliphatic heterocycles. The zero-order valence-electron chi connectivity index (χ0n) is 14.9. The zero-order chi connectivity index (χ0) is 19.7. The van der Waals surface area contributed by atoms with Gasteiger partial charge >= 0.3 is 0 Å². The highest BCUT2D eigenvalue weighted by molar-refractivity contribution is 7.89. The topological polar surface area (TPSA) is 88.4 Å². The molecule has 10 heteroatoms. The van der Waals surface area contributed by atoms with Crippen LogP contribution in [0, 0.1) is 5.82 Å². The van der Waals surface area contributed by atoms with E-state index in [0.717, 1.165) is 6.07 Å². The van der Waals surface area contributed by atoms with Crippen molar-refractivity contribution in [1.82, 2.24) is 24.2 Å². The van der Waals surface area contributed by atoms with Gasteiger partial charge in [-0.3, -0.25) is 9.69 Å². The third-order valence-corrected chi connectivity index (χ3v) is 6.62. The first-order valence-corrected chi connectivity index (χ1v) is 10.2. The van der Waals surface area contributed by atoms with Gasteiger partial charge in [-0.2, -0.15) is 8.99 Å². The minimum absolute atomic E-state index is 0.0578. The molecular formula is C18H18FN5O3S. The third kappa shape index (κ3) is 3.53. The summed E-state index contributed by atoms with van der Waals surface area (Å²) < 4.78 is 41.3. The molecule has 146 valence electrons. The molecular weight excluding hydrogens is 385 g/mol. The zero-order valence-corrected chi connectivity index (χ0v) is 15.7. The number of piperazine rings is 1. The number of nitrogens with zero attached hydrogens (tertiary/aromatic N) is 5. The molecule has 0 spiro atoms. The number of hydrogen-bond acceptors (Lipinski definition) is 6. The Morgan fingerprint density at radius 3 is 2.50 bits per heavy atom. The molecule has 8 nitrogen and oxygen atoms in total. The van der Waals surface area contributed by atoms with Crippen LogP contribution in [0.1, 0.15) is 0 Å². The highest BCUT2D eigenvalue weighted by Crippen LogP contribution is 2.18. The highest BCUT2D eigenvalue weighted by atomic mass is 32.2. The Morgan fingerprint density at radius 2 is 1.75 bits per heavy atom. The van der Waals surface area contributed by atoms with Crippen molar-refractivity contribution in [3.05, 3.63) is 64.7 Å². The molecule has 0 atom stereocenters. The van der Waals surface area contributed by atoms with Crippen LogP contribution in [0.2, 0.25) is 0 Å². The number of halogens is 1. The van der Waals surface area contributed by atoms with Gasteiger partial charge in [0.15, 0.2) is 0 Å². The van der Waals surface area contributed by atoms with Crippen molar-refractivity contribution in [1.29, 1.82) is 0 Å². The number of sulfonamides is 1. The summed E-state index contributed by atoms with van der Waals surface area (Å²) in [5.74, 6) is -0.589. The van der Waals surface area contributed by atoms with Crippen LogP contribution in [-0.2, 0) is 16.7 Å². The van der Waals surface area contributed by atoms with E-state index in [-0.39, 0.29) is 30.2 Å². The van der Waals surface area contributed by atoms with Gasteiger partial charge in [0.05, 0.1) is 17.0 Å². The van der Waals surface area contributed by atoms with E-state index in [1.807, 2.05) is 4.90 Å². The molecule has 4 rings (SSSR count). The predicted molar refractivity (Wildman–Crippen MR) is 101 cm³/mol. The van der Waals surface area contributed by atoms with Crippen LogP contribution in [0.25, 0.3) is 10.9 Å². The maximum atomic E-state index is 13.4. The van der Waals surface area contributed by atoms with Gasteiger partial charge in [0, 0.05) is 26.2 Å².